The van der Waals surface area contributed by atoms with Gasteiger partial charge in [0.2, 0.25) is 0 Å². The van der Waals surface area contributed by atoms with E-state index >= 15 is 0 Å². The number of ether oxygens (including phenoxy) is 1. The summed E-state index contributed by atoms with van der Waals surface area (Å²) in [5.41, 5.74) is 4.20. The van der Waals surface area contributed by atoms with E-state index in [1.54, 1.807) is 48.5 Å². The van der Waals surface area contributed by atoms with Crippen LogP contribution in [0.5, 0.6) is 11.5 Å². The van der Waals surface area contributed by atoms with E-state index in [1.165, 1.54) is 31.5 Å². The number of nitrogens with one attached hydrogen (secondary N) is 1. The predicted molar refractivity (Wildman–Crippen MR) is 130 cm³/mol. The molecule has 0 aliphatic heterocycles. The highest BCUT2D eigenvalue weighted by Crippen LogP contribution is 2.34. The zero-order valence-electron chi connectivity index (χ0n) is 17.9. The summed E-state index contributed by atoms with van der Waals surface area (Å²) in [7, 11) is -2.57. The number of phenolic OH excluding ortho intramolecular Hbond substituents is 1. The van der Waals surface area contributed by atoms with Gasteiger partial charge in [-0.15, -0.1) is 0 Å². The highest BCUT2D eigenvalue weighted by Gasteiger charge is 2.27. The minimum atomic E-state index is -3.99. The number of phenols is 1. The van der Waals surface area contributed by atoms with Gasteiger partial charge >= 0.3 is 0 Å². The second kappa shape index (κ2) is 10.5. The maximum Gasteiger partial charge on any atom is 0.264 e. The summed E-state index contributed by atoms with van der Waals surface area (Å²) in [6, 6.07) is 17.9. The van der Waals surface area contributed by atoms with Crippen LogP contribution in [-0.2, 0) is 14.8 Å². The van der Waals surface area contributed by atoms with E-state index in [1.807, 2.05) is 6.92 Å². The first kappa shape index (κ1) is 24.3. The van der Waals surface area contributed by atoms with Crippen LogP contribution in [-0.4, -0.2) is 39.3 Å². The third-order valence-corrected chi connectivity index (χ3v) is 7.01. The fourth-order valence-electron chi connectivity index (χ4n) is 2.91. The zero-order valence-corrected chi connectivity index (χ0v) is 20.3. The number of carbonyl (C=O) groups is 1. The molecule has 8 nitrogen and oxygen atoms in total. The van der Waals surface area contributed by atoms with E-state index < -0.39 is 22.5 Å². The Morgan fingerprint density at radius 1 is 1.15 bits per heavy atom. The average molecular weight is 532 g/mol. The molecule has 0 atom stereocenters. The normalized spacial score (nSPS) is 11.4. The van der Waals surface area contributed by atoms with Gasteiger partial charge in [0.1, 0.15) is 6.54 Å². The van der Waals surface area contributed by atoms with E-state index in [0.29, 0.717) is 15.7 Å². The lowest BCUT2D eigenvalue weighted by molar-refractivity contribution is -0.119. The quantitative estimate of drug-likeness (QED) is 0.339. The topological polar surface area (TPSA) is 108 Å². The van der Waals surface area contributed by atoms with E-state index in [4.69, 9.17) is 4.74 Å². The Balaban J connectivity index is 1.82. The SMILES string of the molecule is COc1cc(/C=N\NC(=O)CN(c2ccc(C)cc2)S(=O)(=O)c2ccccc2)cc(Br)c1O. The van der Waals surface area contributed by atoms with Gasteiger partial charge in [0.25, 0.3) is 15.9 Å². The van der Waals surface area contributed by atoms with Gasteiger partial charge in [-0.2, -0.15) is 5.10 Å². The molecule has 0 aliphatic carbocycles. The summed E-state index contributed by atoms with van der Waals surface area (Å²) < 4.78 is 33.0. The molecule has 3 aromatic carbocycles. The zero-order chi connectivity index (χ0) is 24.0. The molecule has 0 radical (unpaired) electrons. The molecule has 0 aliphatic rings. The first-order chi connectivity index (χ1) is 15.7. The summed E-state index contributed by atoms with van der Waals surface area (Å²) in [5.74, 6) is -0.452. The molecular formula is C23H22BrN3O5S. The van der Waals surface area contributed by atoms with Gasteiger partial charge in [-0.3, -0.25) is 9.10 Å². The monoisotopic (exact) mass is 531 g/mol. The van der Waals surface area contributed by atoms with Crippen molar-refractivity contribution in [3.63, 3.8) is 0 Å². The van der Waals surface area contributed by atoms with Crippen LogP contribution in [0.1, 0.15) is 11.1 Å². The number of carbonyl (C=O) groups excluding carboxylic acids is 1. The van der Waals surface area contributed by atoms with Gasteiger partial charge in [0, 0.05) is 0 Å². The molecule has 1 amide bonds. The van der Waals surface area contributed by atoms with E-state index in [2.05, 4.69) is 26.5 Å². The Hall–Kier alpha value is -3.37. The number of amides is 1. The lowest BCUT2D eigenvalue weighted by Gasteiger charge is -2.23. The molecule has 0 saturated carbocycles. The lowest BCUT2D eigenvalue weighted by Crippen LogP contribution is -2.39. The molecule has 2 N–H and O–H groups in total. The van der Waals surface area contributed by atoms with Crippen LogP contribution in [0.2, 0.25) is 0 Å². The van der Waals surface area contributed by atoms with Gasteiger partial charge in [-0.25, -0.2) is 13.8 Å². The van der Waals surface area contributed by atoms with Gasteiger partial charge in [-0.05, 0) is 64.8 Å². The molecule has 33 heavy (non-hydrogen) atoms. The molecule has 0 aromatic heterocycles. The molecule has 3 rings (SSSR count). The first-order valence-corrected chi connectivity index (χ1v) is 12.0. The largest absolute Gasteiger partial charge is 0.503 e. The molecule has 0 bridgehead atoms. The number of nitrogens with zero attached hydrogens (tertiary/aromatic N) is 2. The van der Waals surface area contributed by atoms with Crippen molar-refractivity contribution in [2.75, 3.05) is 18.0 Å². The van der Waals surface area contributed by atoms with E-state index in [0.717, 1.165) is 9.87 Å². The average Bonchev–Trinajstić information content (AvgIpc) is 2.81. The van der Waals surface area contributed by atoms with Crippen molar-refractivity contribution < 1.29 is 23.1 Å². The first-order valence-electron chi connectivity index (χ1n) is 9.75. The Kier molecular flexibility index (Phi) is 7.72. The van der Waals surface area contributed by atoms with Crippen molar-refractivity contribution in [1.29, 1.82) is 0 Å². The maximum absolute atomic E-state index is 13.3. The summed E-state index contributed by atoms with van der Waals surface area (Å²) in [5, 5.41) is 13.8. The van der Waals surface area contributed by atoms with Gasteiger partial charge in [-0.1, -0.05) is 35.9 Å². The van der Waals surface area contributed by atoms with Crippen molar-refractivity contribution in [3.05, 3.63) is 82.3 Å². The third kappa shape index (κ3) is 5.91. The van der Waals surface area contributed by atoms with Crippen molar-refractivity contribution in [1.82, 2.24) is 5.43 Å². The molecule has 0 fully saturated rings. The number of aryl methyl sites for hydroxylation is 1. The van der Waals surface area contributed by atoms with E-state index in [-0.39, 0.29) is 16.4 Å². The van der Waals surface area contributed by atoms with Crippen molar-refractivity contribution in [2.45, 2.75) is 11.8 Å². The Bertz CT molecular complexity index is 1260. The number of hydrogen-bond acceptors (Lipinski definition) is 6. The Morgan fingerprint density at radius 2 is 1.82 bits per heavy atom. The highest BCUT2D eigenvalue weighted by atomic mass is 79.9. The molecule has 0 saturated heterocycles. The number of halogens is 1. The number of hydrazone groups is 1. The molecule has 172 valence electrons. The fraction of sp³-hybridized carbons (Fsp3) is 0.130. The highest BCUT2D eigenvalue weighted by molar-refractivity contribution is 9.10. The van der Waals surface area contributed by atoms with E-state index in [9.17, 15) is 18.3 Å². The fourth-order valence-corrected chi connectivity index (χ4v) is 4.82. The lowest BCUT2D eigenvalue weighted by atomic mass is 10.2. The molecule has 0 unspecified atom stereocenters. The number of benzene rings is 3. The number of sulfonamides is 1. The molecule has 0 spiro atoms. The third-order valence-electron chi connectivity index (χ3n) is 4.61. The number of aromatic hydroxyl groups is 1. The second-order valence-corrected chi connectivity index (χ2v) is 9.72. The van der Waals surface area contributed by atoms with Crippen LogP contribution in [0.4, 0.5) is 5.69 Å². The molecule has 0 heterocycles. The molecular weight excluding hydrogens is 510 g/mol. The van der Waals surface area contributed by atoms with Crippen LogP contribution in [0.25, 0.3) is 0 Å². The standard InChI is InChI=1S/C23H22BrN3O5S/c1-16-8-10-18(11-9-16)27(33(30,31)19-6-4-3-5-7-19)15-22(28)26-25-14-17-12-20(24)23(29)21(13-17)32-2/h3-14,29H,15H2,1-2H3,(H,26,28)/b25-14-. The molecule has 3 aromatic rings. The minimum Gasteiger partial charge on any atom is -0.503 e. The van der Waals surface area contributed by atoms with Crippen molar-refractivity contribution >= 4 is 43.8 Å². The number of anilines is 1. The number of methoxy groups -OCH3 is 1. The number of rotatable bonds is 8. The maximum atomic E-state index is 13.3. The van der Waals surface area contributed by atoms with Crippen molar-refractivity contribution in [2.24, 2.45) is 5.10 Å². The van der Waals surface area contributed by atoms with Crippen LogP contribution in [0, 0.1) is 6.92 Å². The van der Waals surface area contributed by atoms with Crippen LogP contribution in [0.15, 0.2) is 81.2 Å². The summed E-state index contributed by atoms with van der Waals surface area (Å²) in [4.78, 5) is 12.7. The predicted octanol–water partition coefficient (Wildman–Crippen LogP) is 3.82. The van der Waals surface area contributed by atoms with Crippen LogP contribution >= 0.6 is 15.9 Å². The van der Waals surface area contributed by atoms with Gasteiger partial charge in [0.05, 0.1) is 28.4 Å². The Labute approximate surface area is 200 Å². The minimum absolute atomic E-state index is 0.0569. The van der Waals surface area contributed by atoms with Crippen LogP contribution < -0.4 is 14.5 Å². The summed E-state index contributed by atoms with van der Waals surface area (Å²) in [6.07, 6.45) is 1.35. The summed E-state index contributed by atoms with van der Waals surface area (Å²) in [6.45, 7) is 1.41. The second-order valence-electron chi connectivity index (χ2n) is 7.01. The number of hydrogen-bond donors (Lipinski definition) is 2. The smallest absolute Gasteiger partial charge is 0.264 e. The van der Waals surface area contributed by atoms with Crippen LogP contribution in [0.3, 0.4) is 0 Å². The summed E-state index contributed by atoms with van der Waals surface area (Å²) >= 11 is 3.21. The van der Waals surface area contributed by atoms with Gasteiger partial charge < -0.3 is 9.84 Å². The Morgan fingerprint density at radius 3 is 2.45 bits per heavy atom. The van der Waals surface area contributed by atoms with Gasteiger partial charge in [0.15, 0.2) is 11.5 Å². The van der Waals surface area contributed by atoms with Crippen molar-refractivity contribution in [3.8, 4) is 11.5 Å². The molecule has 10 heteroatoms.